The zero-order valence-corrected chi connectivity index (χ0v) is 13.5. The number of nitrogens with one attached hydrogen (secondary N) is 3. The molecule has 6 heteroatoms. The SMILES string of the molecule is CC(C)(c1ccccc1)c1ccccc1.N=C=O.N=C=O.N=C=O. The van der Waals surface area contributed by atoms with Crippen LogP contribution in [0, 0.1) is 16.2 Å². The Morgan fingerprint density at radius 2 is 0.833 bits per heavy atom. The Bertz CT molecular complexity index is 595. The summed E-state index contributed by atoms with van der Waals surface area (Å²) in [5, 5.41) is 16.2. The molecular formula is C18H19N3O3. The van der Waals surface area contributed by atoms with Crippen LogP contribution in [0.15, 0.2) is 60.7 Å². The molecule has 2 rings (SSSR count). The van der Waals surface area contributed by atoms with Crippen molar-refractivity contribution in [1.82, 2.24) is 0 Å². The van der Waals surface area contributed by atoms with Gasteiger partial charge >= 0.3 is 0 Å². The van der Waals surface area contributed by atoms with Crippen molar-refractivity contribution >= 4 is 18.2 Å². The summed E-state index contributed by atoms with van der Waals surface area (Å²) in [6.45, 7) is 4.52. The van der Waals surface area contributed by atoms with Gasteiger partial charge in [-0.2, -0.15) is 0 Å². The molecule has 0 fully saturated rings. The lowest BCUT2D eigenvalue weighted by atomic mass is 9.78. The van der Waals surface area contributed by atoms with E-state index in [1.54, 1.807) is 0 Å². The van der Waals surface area contributed by atoms with Crippen LogP contribution >= 0.6 is 0 Å². The van der Waals surface area contributed by atoms with E-state index in [4.69, 9.17) is 30.6 Å². The van der Waals surface area contributed by atoms with Gasteiger partial charge in [-0.1, -0.05) is 74.5 Å². The molecule has 0 heterocycles. The minimum absolute atomic E-state index is 0.0858. The van der Waals surface area contributed by atoms with Gasteiger partial charge in [0, 0.05) is 5.41 Å². The quantitative estimate of drug-likeness (QED) is 0.576. The van der Waals surface area contributed by atoms with Crippen LogP contribution in [0.1, 0.15) is 25.0 Å². The van der Waals surface area contributed by atoms with Gasteiger partial charge in [-0.05, 0) is 11.1 Å². The Balaban J connectivity index is 0. The summed E-state index contributed by atoms with van der Waals surface area (Å²) in [6.07, 6.45) is 2.25. The van der Waals surface area contributed by atoms with Crippen LogP contribution < -0.4 is 0 Å². The molecule has 0 radical (unpaired) electrons. The van der Waals surface area contributed by atoms with E-state index >= 15 is 0 Å². The number of benzene rings is 2. The van der Waals surface area contributed by atoms with Gasteiger partial charge in [0.25, 0.3) is 0 Å². The largest absolute Gasteiger partial charge is 0.231 e. The Morgan fingerprint density at radius 3 is 1.04 bits per heavy atom. The van der Waals surface area contributed by atoms with Crippen molar-refractivity contribution in [3.05, 3.63) is 71.8 Å². The van der Waals surface area contributed by atoms with Crippen molar-refractivity contribution in [2.45, 2.75) is 19.3 Å². The van der Waals surface area contributed by atoms with Gasteiger partial charge in [0.1, 0.15) is 0 Å². The van der Waals surface area contributed by atoms with E-state index in [-0.39, 0.29) is 5.41 Å². The number of hydrogen-bond donors (Lipinski definition) is 3. The monoisotopic (exact) mass is 325 g/mol. The Morgan fingerprint density at radius 1 is 0.625 bits per heavy atom. The van der Waals surface area contributed by atoms with E-state index in [9.17, 15) is 0 Å². The van der Waals surface area contributed by atoms with E-state index in [0.717, 1.165) is 18.2 Å². The fourth-order valence-corrected chi connectivity index (χ4v) is 1.88. The first-order valence-corrected chi connectivity index (χ1v) is 6.68. The maximum absolute atomic E-state index is 8.35. The third kappa shape index (κ3) is 9.50. The van der Waals surface area contributed by atoms with E-state index in [2.05, 4.69) is 74.5 Å². The van der Waals surface area contributed by atoms with E-state index in [1.165, 1.54) is 11.1 Å². The lowest BCUT2D eigenvalue weighted by Crippen LogP contribution is -2.18. The number of hydrogen-bond acceptors (Lipinski definition) is 6. The van der Waals surface area contributed by atoms with E-state index in [0.29, 0.717) is 0 Å². The Kier molecular flexibility index (Phi) is 13.8. The average Bonchev–Trinajstić information content (AvgIpc) is 2.59. The maximum Gasteiger partial charge on any atom is 0.231 e. The molecule has 0 saturated heterocycles. The molecule has 0 aromatic heterocycles. The normalized spacial score (nSPS) is 8.08. The second kappa shape index (κ2) is 14.5. The fourth-order valence-electron chi connectivity index (χ4n) is 1.88. The first-order chi connectivity index (χ1) is 11.5. The van der Waals surface area contributed by atoms with E-state index in [1.807, 2.05) is 0 Å². The molecule has 2 aromatic rings. The van der Waals surface area contributed by atoms with Crippen molar-refractivity contribution in [1.29, 1.82) is 16.2 Å². The van der Waals surface area contributed by atoms with Gasteiger partial charge in [0.05, 0.1) is 0 Å². The highest BCUT2D eigenvalue weighted by Gasteiger charge is 2.21. The minimum atomic E-state index is 0.0858. The van der Waals surface area contributed by atoms with Crippen LogP contribution in [0.2, 0.25) is 0 Å². The first kappa shape index (κ1) is 22.9. The Hall–Kier alpha value is -3.42. The summed E-state index contributed by atoms with van der Waals surface area (Å²) in [4.78, 5) is 25.0. The van der Waals surface area contributed by atoms with Crippen molar-refractivity contribution in [2.24, 2.45) is 0 Å². The lowest BCUT2D eigenvalue weighted by Gasteiger charge is -2.25. The summed E-state index contributed by atoms with van der Waals surface area (Å²) in [5.74, 6) is 0. The molecule has 2 aromatic carbocycles. The molecule has 0 atom stereocenters. The number of carbonyl (C=O) groups excluding carboxylic acids is 3. The molecule has 0 bridgehead atoms. The predicted octanol–water partition coefficient (Wildman–Crippen LogP) is 3.72. The van der Waals surface area contributed by atoms with Gasteiger partial charge in [0.2, 0.25) is 18.2 Å². The molecule has 0 saturated carbocycles. The molecule has 0 unspecified atom stereocenters. The topological polar surface area (TPSA) is 123 Å². The molecule has 0 spiro atoms. The maximum atomic E-state index is 8.35. The average molecular weight is 325 g/mol. The summed E-state index contributed by atoms with van der Waals surface area (Å²) in [7, 11) is 0. The summed E-state index contributed by atoms with van der Waals surface area (Å²) < 4.78 is 0. The van der Waals surface area contributed by atoms with Crippen LogP contribution in [-0.4, -0.2) is 18.2 Å². The van der Waals surface area contributed by atoms with Crippen LogP contribution in [0.4, 0.5) is 0 Å². The smallest absolute Gasteiger partial charge is 0.222 e. The number of isocyanates is 3. The summed E-state index contributed by atoms with van der Waals surface area (Å²) in [6, 6.07) is 21.3. The highest BCUT2D eigenvalue weighted by atomic mass is 16.1. The zero-order chi connectivity index (χ0) is 18.8. The van der Waals surface area contributed by atoms with E-state index < -0.39 is 0 Å². The van der Waals surface area contributed by atoms with Crippen LogP contribution in [0.3, 0.4) is 0 Å². The summed E-state index contributed by atoms with van der Waals surface area (Å²) in [5.41, 5.74) is 2.80. The third-order valence-corrected chi connectivity index (χ3v) is 2.99. The Labute approximate surface area is 140 Å². The molecule has 6 nitrogen and oxygen atoms in total. The fraction of sp³-hybridized carbons (Fsp3) is 0.167. The second-order valence-electron chi connectivity index (χ2n) is 4.66. The van der Waals surface area contributed by atoms with Gasteiger partial charge < -0.3 is 0 Å². The zero-order valence-electron chi connectivity index (χ0n) is 13.5. The van der Waals surface area contributed by atoms with Crippen molar-refractivity contribution in [3.63, 3.8) is 0 Å². The molecular weight excluding hydrogens is 306 g/mol. The van der Waals surface area contributed by atoms with Gasteiger partial charge in [0.15, 0.2) is 0 Å². The molecule has 24 heavy (non-hydrogen) atoms. The molecule has 0 amide bonds. The van der Waals surface area contributed by atoms with Gasteiger partial charge in [-0.15, -0.1) is 0 Å². The number of rotatable bonds is 2. The minimum Gasteiger partial charge on any atom is -0.222 e. The highest BCUT2D eigenvalue weighted by Crippen LogP contribution is 2.30. The second-order valence-corrected chi connectivity index (χ2v) is 4.66. The predicted molar refractivity (Wildman–Crippen MR) is 90.3 cm³/mol. The standard InChI is InChI=1S/C15H16.3CHNO/c1-15(2,13-9-5-3-6-10-13)14-11-7-4-8-12-14;3*2-1-3/h3-12H,1-2H3;3*2H. The van der Waals surface area contributed by atoms with Crippen molar-refractivity contribution in [3.8, 4) is 0 Å². The highest BCUT2D eigenvalue weighted by molar-refractivity contribution is 5.36. The van der Waals surface area contributed by atoms with Gasteiger partial charge in [-0.25, -0.2) is 30.6 Å². The molecule has 124 valence electrons. The molecule has 0 aliphatic rings. The molecule has 0 aliphatic heterocycles. The lowest BCUT2D eigenvalue weighted by molar-refractivity contribution is 0.562. The summed E-state index contributed by atoms with van der Waals surface area (Å²) >= 11 is 0. The van der Waals surface area contributed by atoms with Gasteiger partial charge in [-0.3, -0.25) is 0 Å². The van der Waals surface area contributed by atoms with Crippen molar-refractivity contribution in [2.75, 3.05) is 0 Å². The first-order valence-electron chi connectivity index (χ1n) is 6.68. The van der Waals surface area contributed by atoms with Crippen LogP contribution in [0.25, 0.3) is 0 Å². The third-order valence-electron chi connectivity index (χ3n) is 2.99. The van der Waals surface area contributed by atoms with Crippen molar-refractivity contribution < 1.29 is 14.4 Å². The molecule has 3 N–H and O–H groups in total. The van der Waals surface area contributed by atoms with Crippen LogP contribution in [0.5, 0.6) is 0 Å². The van der Waals surface area contributed by atoms with Crippen LogP contribution in [-0.2, 0) is 19.8 Å². The molecule has 0 aliphatic carbocycles.